The average Bonchev–Trinajstić information content (AvgIpc) is 0.720. The molecule has 0 radical (unpaired) electrons. The standard InChI is InChI=1S/C22H21NO.C21H19NO3S.C21H19NO2S.C21H19NO2.C21H19NOS.C21H19NOSe/c1-15-8-10-19-17(12-15)14-18-13-16(2)9-11-20(18)23(19)21-6-4-5-7-22(21)24-3;1-14-8-10-17-20(12-14)26(23,24)21-13-15(2)9-11-18(21)22(17)16-6-4-5-7-19(16)25-3;1-14-8-10-17-20(12-14)25(23)21-13-15(2)9-11-18(21)22(17)16-6-4-5-7-19(16)24-3;3*1-14-8-10-17-20(12-14)24-21-13-15(2)9-11-18(21)22(17)16-6-4-5-7-19(16)23-3/h4-13H,14H2,1-3H3;4-13H,1-3H3;4-13H,1-3H3;3*4-13H,1-3H3. The van der Waals surface area contributed by atoms with E-state index in [-0.39, 0.29) is 0 Å². The summed E-state index contributed by atoms with van der Waals surface area (Å²) >= 11 is 2.16. The van der Waals surface area contributed by atoms with Crippen LogP contribution in [-0.4, -0.2) is 70.2 Å². The second kappa shape index (κ2) is 42.9. The Balaban J connectivity index is 0.000000111. The van der Waals surface area contributed by atoms with E-state index in [9.17, 15) is 12.6 Å². The molecule has 0 N–H and O–H groups in total. The van der Waals surface area contributed by atoms with Gasteiger partial charge in [-0.2, -0.15) is 0 Å². The van der Waals surface area contributed by atoms with Crippen molar-refractivity contribution in [1.82, 2.24) is 0 Å². The molecule has 20 heteroatoms. The predicted octanol–water partition coefficient (Wildman–Crippen LogP) is 31.8. The van der Waals surface area contributed by atoms with Gasteiger partial charge in [0.2, 0.25) is 9.84 Å². The number of aryl methyl sites for hydroxylation is 12. The number of anilines is 18. The SMILES string of the molecule is COc1ccccc1N1c2ccc(C)cc2Cc2cc(C)ccc21.COc1ccccc1N1c2ccc(C)cc2Oc2cc(C)ccc21.COc1ccccc1N1c2ccc(C)cc2S(=O)(=O)c2cc(C)ccc21.COc1ccccc1N1c2ccc(C)cc2S(=O)c2cc(C)ccc21.COc1ccccc1N1c2ccc(C)cc2Sc2cc(C)ccc21.COc1ccccc1N1c2ccc(C)cc2[Se]c2cc(C)ccc21. The summed E-state index contributed by atoms with van der Waals surface area (Å²) < 4.78 is 82.4. The van der Waals surface area contributed by atoms with Crippen LogP contribution in [-0.2, 0) is 27.1 Å². The number of fused-ring (bicyclic) bond motifs is 12. The van der Waals surface area contributed by atoms with Crippen molar-refractivity contribution in [2.24, 2.45) is 0 Å². The van der Waals surface area contributed by atoms with Crippen LogP contribution in [0.5, 0.6) is 46.0 Å². The number of hydrogen-bond donors (Lipinski definition) is 0. The van der Waals surface area contributed by atoms with Crippen LogP contribution >= 0.6 is 11.8 Å². The molecule has 147 heavy (non-hydrogen) atoms. The Labute approximate surface area is 876 Å². The summed E-state index contributed by atoms with van der Waals surface area (Å²) in [5, 5.41) is 0. The maximum absolute atomic E-state index is 13.3. The van der Waals surface area contributed by atoms with Crippen molar-refractivity contribution in [3.63, 3.8) is 0 Å². The van der Waals surface area contributed by atoms with E-state index in [4.69, 9.17) is 33.2 Å². The summed E-state index contributed by atoms with van der Waals surface area (Å²) in [6, 6.07) is 124. The number of methoxy groups -OCH3 is 6. The van der Waals surface area contributed by atoms with Crippen molar-refractivity contribution >= 4 is 159 Å². The zero-order valence-electron chi connectivity index (χ0n) is 85.7. The molecule has 24 rings (SSSR count). The number of sulfone groups is 1. The Bertz CT molecular complexity index is 7320. The minimum atomic E-state index is -3.59. The molecule has 738 valence electrons. The molecule has 0 fully saturated rings. The number of para-hydroxylation sites is 12. The topological polar surface area (TPSA) is 135 Å². The molecular weight excluding hydrogens is 1940 g/mol. The van der Waals surface area contributed by atoms with Crippen molar-refractivity contribution in [1.29, 1.82) is 0 Å². The van der Waals surface area contributed by atoms with Gasteiger partial charge in [0.05, 0.1) is 140 Å². The fourth-order valence-corrected chi connectivity index (χ4v) is 26.6. The van der Waals surface area contributed by atoms with Gasteiger partial charge in [-0.25, -0.2) is 12.6 Å². The van der Waals surface area contributed by atoms with Crippen molar-refractivity contribution in [3.8, 4) is 46.0 Å². The van der Waals surface area contributed by atoms with Crippen molar-refractivity contribution in [2.45, 2.75) is 119 Å². The second-order valence-corrected chi connectivity index (χ2v) is 43.9. The third-order valence-electron chi connectivity index (χ3n) is 26.5. The summed E-state index contributed by atoms with van der Waals surface area (Å²) in [5.41, 5.74) is 35.4. The van der Waals surface area contributed by atoms with E-state index in [2.05, 4.69) is 280 Å². The van der Waals surface area contributed by atoms with Crippen LogP contribution in [0, 0.1) is 83.1 Å². The first-order valence-electron chi connectivity index (χ1n) is 48.8. The normalized spacial score (nSPS) is 13.0. The van der Waals surface area contributed by atoms with Crippen molar-refractivity contribution < 1.29 is 45.8 Å². The molecule has 6 aliphatic rings. The molecule has 0 unspecified atom stereocenters. The molecular formula is C127H116N6O10S3Se. The van der Waals surface area contributed by atoms with E-state index in [1.807, 2.05) is 196 Å². The average molecular weight is 2060 g/mol. The molecule has 6 heterocycles. The van der Waals surface area contributed by atoms with Gasteiger partial charge in [0, 0.05) is 27.6 Å². The van der Waals surface area contributed by atoms with Gasteiger partial charge in [-0.1, -0.05) is 156 Å². The monoisotopic (exact) mass is 2060 g/mol. The minimum absolute atomic E-state index is 0.321. The second-order valence-electron chi connectivity index (χ2n) is 37.3. The molecule has 0 atom stereocenters. The van der Waals surface area contributed by atoms with E-state index in [1.165, 1.54) is 108 Å². The molecule has 0 aliphatic carbocycles. The number of rotatable bonds is 12. The van der Waals surface area contributed by atoms with E-state index >= 15 is 0 Å². The van der Waals surface area contributed by atoms with Gasteiger partial charge in [-0.15, -0.1) is 0 Å². The van der Waals surface area contributed by atoms with E-state index in [0.29, 0.717) is 41.9 Å². The fourth-order valence-electron chi connectivity index (χ4n) is 19.4. The summed E-state index contributed by atoms with van der Waals surface area (Å²) in [5.74, 6) is 6.68. The molecule has 18 aromatic rings. The molecule has 0 amide bonds. The Hall–Kier alpha value is -15.7. The molecule has 0 bridgehead atoms. The maximum atomic E-state index is 13.3. The van der Waals surface area contributed by atoms with Gasteiger partial charge >= 0.3 is 149 Å². The van der Waals surface area contributed by atoms with Crippen LogP contribution in [0.3, 0.4) is 0 Å². The molecule has 0 spiro atoms. The Kier molecular flexibility index (Phi) is 29.2. The first kappa shape index (κ1) is 100. The third-order valence-corrected chi connectivity index (χ3v) is 33.1. The first-order chi connectivity index (χ1) is 71.2. The van der Waals surface area contributed by atoms with Crippen LogP contribution in [0.1, 0.15) is 77.9 Å². The summed E-state index contributed by atoms with van der Waals surface area (Å²) in [4.78, 5) is 18.1. The molecule has 0 aromatic heterocycles. The van der Waals surface area contributed by atoms with Gasteiger partial charge in [-0.3, -0.25) is 4.90 Å². The summed E-state index contributed by atoms with van der Waals surface area (Å²) in [7, 11) is 5.40. The van der Waals surface area contributed by atoms with Crippen LogP contribution < -0.4 is 71.5 Å². The van der Waals surface area contributed by atoms with Crippen molar-refractivity contribution in [2.75, 3.05) is 72.1 Å². The molecule has 16 nitrogen and oxygen atoms in total. The Morgan fingerprint density at radius 3 is 0.810 bits per heavy atom. The van der Waals surface area contributed by atoms with Gasteiger partial charge in [0.1, 0.15) is 28.7 Å². The number of ether oxygens (including phenoxy) is 7. The number of nitrogens with zero attached hydrogens (tertiary/aromatic N) is 6. The van der Waals surface area contributed by atoms with E-state index < -0.39 is 20.6 Å². The summed E-state index contributed by atoms with van der Waals surface area (Å²) in [6.07, 6.45) is 0.972. The zero-order valence-corrected chi connectivity index (χ0v) is 89.9. The third kappa shape index (κ3) is 20.2. The zero-order chi connectivity index (χ0) is 103. The van der Waals surface area contributed by atoms with Gasteiger partial charge in [0.25, 0.3) is 0 Å². The van der Waals surface area contributed by atoms with E-state index in [1.54, 1.807) is 54.8 Å². The summed E-state index contributed by atoms with van der Waals surface area (Å²) in [6.45, 7) is 24.9. The van der Waals surface area contributed by atoms with Crippen molar-refractivity contribution in [3.05, 3.63) is 442 Å². The van der Waals surface area contributed by atoms with Gasteiger partial charge in [0.15, 0.2) is 11.5 Å². The quantitative estimate of drug-likeness (QED) is 0.107. The molecule has 18 aromatic carbocycles. The predicted molar refractivity (Wildman–Crippen MR) is 605 cm³/mol. The van der Waals surface area contributed by atoms with E-state index in [0.717, 1.165) is 136 Å². The molecule has 0 saturated carbocycles. The van der Waals surface area contributed by atoms with Gasteiger partial charge in [-0.05, 0) is 295 Å². The van der Waals surface area contributed by atoms with Crippen LogP contribution in [0.2, 0.25) is 0 Å². The molecule has 0 saturated heterocycles. The Morgan fingerprint density at radius 1 is 0.245 bits per heavy atom. The van der Waals surface area contributed by atoms with Crippen LogP contribution in [0.25, 0.3) is 0 Å². The Morgan fingerprint density at radius 2 is 0.476 bits per heavy atom. The fraction of sp³-hybridized carbons (Fsp3) is 0.150. The first-order valence-corrected chi connectivity index (χ1v) is 53.9. The molecule has 6 aliphatic heterocycles. The van der Waals surface area contributed by atoms with Gasteiger partial charge < -0.3 is 48.0 Å². The number of hydrogen-bond acceptors (Lipinski definition) is 17. The van der Waals surface area contributed by atoms with Crippen LogP contribution in [0.15, 0.2) is 393 Å². The van der Waals surface area contributed by atoms with Crippen LogP contribution in [0.4, 0.5) is 102 Å². The number of benzene rings is 18.